The average Bonchev–Trinajstić information content (AvgIpc) is 3.58. The van der Waals surface area contributed by atoms with Crippen molar-refractivity contribution >= 4 is 23.2 Å². The molecule has 8 heteroatoms. The van der Waals surface area contributed by atoms with E-state index in [9.17, 15) is 9.59 Å². The molecule has 2 atom stereocenters. The maximum Gasteiger partial charge on any atom is 0.264 e. The third-order valence-electron chi connectivity index (χ3n) is 7.27. The van der Waals surface area contributed by atoms with Crippen LogP contribution in [-0.2, 0) is 11.3 Å². The number of ether oxygens (including phenoxy) is 1. The minimum Gasteiger partial charge on any atom is -0.497 e. The smallest absolute Gasteiger partial charge is 0.264 e. The third-order valence-corrected chi connectivity index (χ3v) is 8.13. The van der Waals surface area contributed by atoms with E-state index in [2.05, 4.69) is 22.3 Å². The Morgan fingerprint density at radius 1 is 1.20 bits per heavy atom. The van der Waals surface area contributed by atoms with Crippen molar-refractivity contribution in [2.75, 3.05) is 33.3 Å². The van der Waals surface area contributed by atoms with E-state index in [1.165, 1.54) is 49.0 Å². The molecule has 0 spiro atoms. The van der Waals surface area contributed by atoms with Gasteiger partial charge in [-0.2, -0.15) is 0 Å². The van der Waals surface area contributed by atoms with Crippen LogP contribution < -0.4 is 15.8 Å². The number of amides is 2. The maximum atomic E-state index is 13.4. The van der Waals surface area contributed by atoms with Gasteiger partial charge in [0.25, 0.3) is 5.91 Å². The summed E-state index contributed by atoms with van der Waals surface area (Å²) in [5, 5.41) is 4.83. The Bertz CT molecular complexity index is 961. The van der Waals surface area contributed by atoms with Gasteiger partial charge in [-0.05, 0) is 54.3 Å². The van der Waals surface area contributed by atoms with Gasteiger partial charge < -0.3 is 20.7 Å². The van der Waals surface area contributed by atoms with Crippen LogP contribution in [0.3, 0.4) is 0 Å². The summed E-state index contributed by atoms with van der Waals surface area (Å²) < 4.78 is 5.45. The van der Waals surface area contributed by atoms with Gasteiger partial charge in [0, 0.05) is 38.8 Å². The molecular formula is C27H38N4O3S. The summed E-state index contributed by atoms with van der Waals surface area (Å²) in [6.45, 7) is 3.10. The van der Waals surface area contributed by atoms with Gasteiger partial charge in [0.1, 0.15) is 11.8 Å². The molecule has 1 aromatic carbocycles. The van der Waals surface area contributed by atoms with E-state index in [-0.39, 0.29) is 17.9 Å². The Morgan fingerprint density at radius 3 is 2.74 bits per heavy atom. The Kier molecular flexibility index (Phi) is 9.18. The molecule has 1 saturated heterocycles. The fraction of sp³-hybridized carbons (Fsp3) is 0.556. The molecule has 2 aliphatic rings. The molecule has 2 amide bonds. The van der Waals surface area contributed by atoms with Crippen LogP contribution in [0.25, 0.3) is 0 Å². The summed E-state index contributed by atoms with van der Waals surface area (Å²) in [6.07, 6.45) is 7.02. The van der Waals surface area contributed by atoms with Gasteiger partial charge in [0.05, 0.1) is 12.0 Å². The molecule has 2 fully saturated rings. The monoisotopic (exact) mass is 498 g/mol. The number of methoxy groups -OCH3 is 1. The average molecular weight is 499 g/mol. The number of carbonyl (C=O) groups is 2. The van der Waals surface area contributed by atoms with E-state index in [4.69, 9.17) is 10.5 Å². The Labute approximate surface area is 212 Å². The molecule has 4 rings (SSSR count). The van der Waals surface area contributed by atoms with E-state index in [1.54, 1.807) is 12.0 Å². The molecule has 2 aromatic rings. The van der Waals surface area contributed by atoms with Crippen molar-refractivity contribution in [3.05, 3.63) is 52.2 Å². The highest BCUT2D eigenvalue weighted by atomic mass is 32.1. The van der Waals surface area contributed by atoms with Crippen LogP contribution in [0, 0.1) is 5.92 Å². The van der Waals surface area contributed by atoms with Gasteiger partial charge in [0.15, 0.2) is 0 Å². The molecule has 1 saturated carbocycles. The number of nitrogens with two attached hydrogens (primary N) is 1. The zero-order valence-electron chi connectivity index (χ0n) is 20.7. The van der Waals surface area contributed by atoms with Crippen molar-refractivity contribution in [1.29, 1.82) is 0 Å². The molecule has 3 N–H and O–H groups in total. The number of hydrogen-bond donors (Lipinski definition) is 2. The van der Waals surface area contributed by atoms with Crippen molar-refractivity contribution < 1.29 is 14.3 Å². The maximum absolute atomic E-state index is 13.4. The summed E-state index contributed by atoms with van der Waals surface area (Å²) in [5.74, 6) is 1.33. The van der Waals surface area contributed by atoms with Crippen LogP contribution in [0.4, 0.5) is 0 Å². The normalized spacial score (nSPS) is 20.8. The molecular weight excluding hydrogens is 460 g/mol. The molecule has 190 valence electrons. The van der Waals surface area contributed by atoms with E-state index in [1.807, 2.05) is 29.6 Å². The molecule has 1 aliphatic heterocycles. The van der Waals surface area contributed by atoms with Crippen molar-refractivity contribution in [3.63, 3.8) is 0 Å². The van der Waals surface area contributed by atoms with Crippen molar-refractivity contribution in [2.45, 2.75) is 57.2 Å². The number of hydrogen-bond acceptors (Lipinski definition) is 6. The van der Waals surface area contributed by atoms with Gasteiger partial charge in [-0.3, -0.25) is 14.5 Å². The van der Waals surface area contributed by atoms with Crippen molar-refractivity contribution in [1.82, 2.24) is 15.1 Å². The second kappa shape index (κ2) is 12.5. The van der Waals surface area contributed by atoms with Crippen LogP contribution in [0.1, 0.15) is 53.8 Å². The second-order valence-corrected chi connectivity index (χ2v) is 10.7. The van der Waals surface area contributed by atoms with Gasteiger partial charge in [0.2, 0.25) is 5.91 Å². The second-order valence-electron chi connectivity index (χ2n) is 9.70. The molecule has 0 bridgehead atoms. The van der Waals surface area contributed by atoms with Crippen LogP contribution in [0.15, 0.2) is 41.8 Å². The minimum absolute atomic E-state index is 0.0607. The Hall–Kier alpha value is -2.42. The summed E-state index contributed by atoms with van der Waals surface area (Å²) in [6, 6.07) is 11.6. The van der Waals surface area contributed by atoms with Crippen LogP contribution in [0.5, 0.6) is 5.75 Å². The quantitative estimate of drug-likeness (QED) is 0.524. The van der Waals surface area contributed by atoms with Crippen LogP contribution in [-0.4, -0.2) is 67.0 Å². The highest BCUT2D eigenvalue weighted by molar-refractivity contribution is 7.12. The zero-order chi connectivity index (χ0) is 24.6. The van der Waals surface area contributed by atoms with Gasteiger partial charge in [-0.25, -0.2) is 0 Å². The fourth-order valence-corrected chi connectivity index (χ4v) is 6.13. The van der Waals surface area contributed by atoms with Crippen molar-refractivity contribution in [3.8, 4) is 5.75 Å². The predicted molar refractivity (Wildman–Crippen MR) is 140 cm³/mol. The highest BCUT2D eigenvalue weighted by Gasteiger charge is 2.42. The lowest BCUT2D eigenvalue weighted by Crippen LogP contribution is -2.46. The number of nitrogens with one attached hydrogen (secondary N) is 1. The van der Waals surface area contributed by atoms with Gasteiger partial charge in [-0.1, -0.05) is 37.5 Å². The number of rotatable bonds is 10. The molecule has 0 radical (unpaired) electrons. The summed E-state index contributed by atoms with van der Waals surface area (Å²) >= 11 is 1.42. The number of likely N-dealkylation sites (tertiary alicyclic amines) is 1. The molecule has 35 heavy (non-hydrogen) atoms. The first kappa shape index (κ1) is 25.7. The predicted octanol–water partition coefficient (Wildman–Crippen LogP) is 3.50. The lowest BCUT2D eigenvalue weighted by atomic mass is 9.88. The Balaban J connectivity index is 1.57. The molecule has 2 unspecified atom stereocenters. The molecule has 1 aliphatic carbocycles. The SMILES string of the molecule is COc1cccc(CN(CC2CCCCC2)C2CC(C(=O)NCCN)N(C(=O)c3cccs3)C2)c1. The largest absolute Gasteiger partial charge is 0.497 e. The third kappa shape index (κ3) is 6.63. The van der Waals surface area contributed by atoms with Gasteiger partial charge in [-0.15, -0.1) is 11.3 Å². The number of thiophene rings is 1. The standard InChI is InChI=1S/C27H38N4O3S/c1-34-23-10-5-9-21(15-23)18-30(17-20-7-3-2-4-8-20)22-16-24(26(32)29-13-12-28)31(19-22)27(33)25-11-6-14-35-25/h5-6,9-11,14-15,20,22,24H,2-4,7-8,12-13,16-19,28H2,1H3,(H,29,32). The first-order valence-electron chi connectivity index (χ1n) is 12.8. The first-order chi connectivity index (χ1) is 17.1. The van der Waals surface area contributed by atoms with E-state index in [0.29, 0.717) is 36.9 Å². The number of carbonyl (C=O) groups excluding carboxylic acids is 2. The molecule has 7 nitrogen and oxygen atoms in total. The Morgan fingerprint density at radius 2 is 2.03 bits per heavy atom. The number of benzene rings is 1. The van der Waals surface area contributed by atoms with E-state index in [0.717, 1.165) is 18.8 Å². The molecule has 1 aromatic heterocycles. The van der Waals surface area contributed by atoms with Crippen molar-refractivity contribution in [2.24, 2.45) is 11.7 Å². The lowest BCUT2D eigenvalue weighted by molar-refractivity contribution is -0.124. The zero-order valence-corrected chi connectivity index (χ0v) is 21.5. The first-order valence-corrected chi connectivity index (χ1v) is 13.7. The van der Waals surface area contributed by atoms with Crippen LogP contribution >= 0.6 is 11.3 Å². The topological polar surface area (TPSA) is 87.9 Å². The number of nitrogens with zero attached hydrogens (tertiary/aromatic N) is 2. The lowest BCUT2D eigenvalue weighted by Gasteiger charge is -2.34. The summed E-state index contributed by atoms with van der Waals surface area (Å²) in [7, 11) is 1.69. The highest BCUT2D eigenvalue weighted by Crippen LogP contribution is 2.31. The minimum atomic E-state index is -0.486. The summed E-state index contributed by atoms with van der Waals surface area (Å²) in [5.41, 5.74) is 6.81. The van der Waals surface area contributed by atoms with E-state index >= 15 is 0 Å². The van der Waals surface area contributed by atoms with Crippen LogP contribution in [0.2, 0.25) is 0 Å². The van der Waals surface area contributed by atoms with Gasteiger partial charge >= 0.3 is 0 Å². The molecule has 2 heterocycles. The fourth-order valence-electron chi connectivity index (χ4n) is 5.46. The van der Waals surface area contributed by atoms with E-state index < -0.39 is 6.04 Å². The summed E-state index contributed by atoms with van der Waals surface area (Å²) in [4.78, 5) is 31.5.